The van der Waals surface area contributed by atoms with Gasteiger partial charge < -0.3 is 9.55 Å². The number of para-hydroxylation sites is 1. The molecule has 2 fully saturated rings. The van der Waals surface area contributed by atoms with E-state index in [-0.39, 0.29) is 23.2 Å². The van der Waals surface area contributed by atoms with Gasteiger partial charge in [0, 0.05) is 25.8 Å². The van der Waals surface area contributed by atoms with E-state index in [2.05, 4.69) is 19.4 Å². The number of imidazole rings is 1. The minimum absolute atomic E-state index is 0.187. The van der Waals surface area contributed by atoms with Gasteiger partial charge in [0.15, 0.2) is 0 Å². The van der Waals surface area contributed by atoms with Crippen molar-refractivity contribution < 1.29 is 0 Å². The van der Waals surface area contributed by atoms with Gasteiger partial charge in [-0.2, -0.15) is 0 Å². The highest BCUT2D eigenvalue weighted by atomic mass is 16.2. The van der Waals surface area contributed by atoms with Gasteiger partial charge in [0.25, 0.3) is 5.56 Å². The maximum absolute atomic E-state index is 13.0. The molecule has 0 bridgehead atoms. The number of rotatable bonds is 4. The molecule has 0 unspecified atom stereocenters. The van der Waals surface area contributed by atoms with Crippen LogP contribution in [0.4, 0.5) is 0 Å². The molecule has 3 heterocycles. The van der Waals surface area contributed by atoms with Crippen LogP contribution in [0.25, 0.3) is 10.9 Å². The quantitative estimate of drug-likeness (QED) is 0.753. The minimum atomic E-state index is -0.323. The molecule has 7 heteroatoms. The smallest absolute Gasteiger partial charge is 0.328 e. The third-order valence-corrected chi connectivity index (χ3v) is 6.27. The Morgan fingerprint density at radius 2 is 2.00 bits per heavy atom. The van der Waals surface area contributed by atoms with Crippen molar-refractivity contribution in [3.05, 3.63) is 63.3 Å². The number of piperidine rings is 1. The standard InChI is InChI=1S/C21H25N5O2/c1-24-13-22-11-18(24)19-14(5-4-10-25(19)15-8-9-15)12-26-20(27)16-6-2-3-7-17(16)23-21(26)28/h2-3,6-7,11,13-15,19H,4-5,8-10,12H2,1H3,(H,23,28)/t14-,19+/m1/s1. The molecule has 1 N–H and O–H groups in total. The second-order valence-electron chi connectivity index (χ2n) is 8.14. The van der Waals surface area contributed by atoms with Crippen LogP contribution in [0.5, 0.6) is 0 Å². The average molecular weight is 379 g/mol. The van der Waals surface area contributed by atoms with Crippen LogP contribution in [0.3, 0.4) is 0 Å². The van der Waals surface area contributed by atoms with E-state index in [1.54, 1.807) is 12.1 Å². The van der Waals surface area contributed by atoms with Crippen LogP contribution in [0.15, 0.2) is 46.4 Å². The van der Waals surface area contributed by atoms with Gasteiger partial charge in [0.2, 0.25) is 0 Å². The fourth-order valence-corrected chi connectivity index (χ4v) is 4.77. The van der Waals surface area contributed by atoms with Gasteiger partial charge in [-0.1, -0.05) is 12.1 Å². The number of aromatic nitrogens is 4. The molecule has 1 aliphatic carbocycles. The summed E-state index contributed by atoms with van der Waals surface area (Å²) in [5.41, 5.74) is 1.24. The first kappa shape index (κ1) is 17.4. The van der Waals surface area contributed by atoms with Crippen LogP contribution < -0.4 is 11.2 Å². The lowest BCUT2D eigenvalue weighted by atomic mass is 9.86. The third kappa shape index (κ3) is 2.90. The minimum Gasteiger partial charge on any atom is -0.336 e. The van der Waals surface area contributed by atoms with Crippen LogP contribution in [0.2, 0.25) is 0 Å². The lowest BCUT2D eigenvalue weighted by Gasteiger charge is -2.41. The Morgan fingerprint density at radius 3 is 2.75 bits per heavy atom. The van der Waals surface area contributed by atoms with E-state index in [0.29, 0.717) is 23.5 Å². The first-order valence-corrected chi connectivity index (χ1v) is 10.1. The van der Waals surface area contributed by atoms with E-state index in [1.165, 1.54) is 23.1 Å². The summed E-state index contributed by atoms with van der Waals surface area (Å²) >= 11 is 0. The molecule has 5 rings (SSSR count). The van der Waals surface area contributed by atoms with Crippen molar-refractivity contribution in [3.8, 4) is 0 Å². The van der Waals surface area contributed by atoms with Crippen molar-refractivity contribution in [2.24, 2.45) is 13.0 Å². The van der Waals surface area contributed by atoms with E-state index >= 15 is 0 Å². The molecule has 7 nitrogen and oxygen atoms in total. The fraction of sp³-hybridized carbons (Fsp3) is 0.476. The van der Waals surface area contributed by atoms with Crippen molar-refractivity contribution in [2.45, 2.75) is 44.3 Å². The summed E-state index contributed by atoms with van der Waals surface area (Å²) in [7, 11) is 2.02. The van der Waals surface area contributed by atoms with Gasteiger partial charge in [0.05, 0.1) is 29.0 Å². The molecule has 2 atom stereocenters. The fourth-order valence-electron chi connectivity index (χ4n) is 4.77. The maximum atomic E-state index is 13.0. The predicted molar refractivity (Wildman–Crippen MR) is 107 cm³/mol. The van der Waals surface area contributed by atoms with Gasteiger partial charge in [-0.15, -0.1) is 0 Å². The van der Waals surface area contributed by atoms with E-state index < -0.39 is 0 Å². The maximum Gasteiger partial charge on any atom is 0.328 e. The molecule has 0 spiro atoms. The molecular weight excluding hydrogens is 354 g/mol. The molecule has 2 aromatic heterocycles. The molecule has 1 saturated heterocycles. The number of hydrogen-bond acceptors (Lipinski definition) is 4. The number of hydrogen-bond donors (Lipinski definition) is 1. The Morgan fingerprint density at radius 1 is 1.18 bits per heavy atom. The van der Waals surface area contributed by atoms with Crippen molar-refractivity contribution in [3.63, 3.8) is 0 Å². The zero-order valence-electron chi connectivity index (χ0n) is 16.0. The highest BCUT2D eigenvalue weighted by Crippen LogP contribution is 2.43. The van der Waals surface area contributed by atoms with Crippen molar-refractivity contribution >= 4 is 10.9 Å². The topological polar surface area (TPSA) is 75.9 Å². The van der Waals surface area contributed by atoms with E-state index in [0.717, 1.165) is 19.4 Å². The molecule has 1 aromatic carbocycles. The average Bonchev–Trinajstić information content (AvgIpc) is 3.46. The SMILES string of the molecule is Cn1cncc1[C@@H]1[C@@H](Cn2c(=O)[nH]c3ccccc3c2=O)CCCN1C1CC1. The molecule has 2 aliphatic rings. The van der Waals surface area contributed by atoms with Gasteiger partial charge >= 0.3 is 5.69 Å². The van der Waals surface area contributed by atoms with Gasteiger partial charge in [-0.25, -0.2) is 9.78 Å². The van der Waals surface area contributed by atoms with Crippen LogP contribution in [0, 0.1) is 5.92 Å². The van der Waals surface area contributed by atoms with Gasteiger partial charge in [-0.05, 0) is 50.3 Å². The number of nitrogens with zero attached hydrogens (tertiary/aromatic N) is 4. The van der Waals surface area contributed by atoms with Gasteiger partial charge in [-0.3, -0.25) is 14.3 Å². The number of benzene rings is 1. The summed E-state index contributed by atoms with van der Waals surface area (Å²) in [6, 6.07) is 8.02. The summed E-state index contributed by atoms with van der Waals surface area (Å²) in [4.78, 5) is 35.5. The summed E-state index contributed by atoms with van der Waals surface area (Å²) in [6.45, 7) is 1.50. The van der Waals surface area contributed by atoms with Gasteiger partial charge in [0.1, 0.15) is 0 Å². The number of nitrogens with one attached hydrogen (secondary N) is 1. The number of aryl methyl sites for hydroxylation is 1. The zero-order valence-corrected chi connectivity index (χ0v) is 16.0. The van der Waals surface area contributed by atoms with Crippen molar-refractivity contribution in [1.29, 1.82) is 0 Å². The monoisotopic (exact) mass is 379 g/mol. The highest BCUT2D eigenvalue weighted by molar-refractivity contribution is 5.76. The second-order valence-corrected chi connectivity index (χ2v) is 8.14. The van der Waals surface area contributed by atoms with Crippen LogP contribution in [-0.2, 0) is 13.6 Å². The predicted octanol–water partition coefficient (Wildman–Crippen LogP) is 2.04. The molecular formula is C21H25N5O2. The van der Waals surface area contributed by atoms with E-state index in [9.17, 15) is 9.59 Å². The van der Waals surface area contributed by atoms with Crippen molar-refractivity contribution in [1.82, 2.24) is 24.0 Å². The third-order valence-electron chi connectivity index (χ3n) is 6.27. The lowest BCUT2D eigenvalue weighted by molar-refractivity contribution is 0.0690. The zero-order chi connectivity index (χ0) is 19.3. The first-order valence-electron chi connectivity index (χ1n) is 10.1. The number of aromatic amines is 1. The molecule has 0 amide bonds. The largest absolute Gasteiger partial charge is 0.336 e. The Bertz CT molecular complexity index is 1120. The Kier molecular flexibility index (Phi) is 4.19. The summed E-state index contributed by atoms with van der Waals surface area (Å²) in [6.07, 6.45) is 8.33. The summed E-state index contributed by atoms with van der Waals surface area (Å²) in [5.74, 6) is 0.199. The molecule has 1 aliphatic heterocycles. The number of H-pyrrole nitrogens is 1. The lowest BCUT2D eigenvalue weighted by Crippen LogP contribution is -2.45. The van der Waals surface area contributed by atoms with E-state index in [1.807, 2.05) is 31.7 Å². The Hall–Kier alpha value is -2.67. The first-order chi connectivity index (χ1) is 13.6. The molecule has 146 valence electrons. The molecule has 0 radical (unpaired) electrons. The molecule has 3 aromatic rings. The van der Waals surface area contributed by atoms with E-state index in [4.69, 9.17) is 0 Å². The highest BCUT2D eigenvalue weighted by Gasteiger charge is 2.41. The number of fused-ring (bicyclic) bond motifs is 1. The second kappa shape index (κ2) is 6.74. The van der Waals surface area contributed by atoms with Crippen LogP contribution in [-0.4, -0.2) is 36.6 Å². The van der Waals surface area contributed by atoms with Crippen LogP contribution in [0.1, 0.15) is 37.4 Å². The molecule has 28 heavy (non-hydrogen) atoms. The summed E-state index contributed by atoms with van der Waals surface area (Å²) < 4.78 is 3.47. The summed E-state index contributed by atoms with van der Waals surface area (Å²) in [5, 5.41) is 0.564. The number of likely N-dealkylation sites (tertiary alicyclic amines) is 1. The molecule has 1 saturated carbocycles. The Balaban J connectivity index is 1.56. The van der Waals surface area contributed by atoms with Crippen LogP contribution >= 0.6 is 0 Å². The van der Waals surface area contributed by atoms with Crippen molar-refractivity contribution in [2.75, 3.05) is 6.54 Å². The Labute approximate surface area is 162 Å². The normalized spacial score (nSPS) is 23.3.